The van der Waals surface area contributed by atoms with Gasteiger partial charge in [0.1, 0.15) is 6.54 Å². The van der Waals surface area contributed by atoms with Crippen molar-refractivity contribution in [3.63, 3.8) is 0 Å². The molecule has 0 bridgehead atoms. The zero-order valence-corrected chi connectivity index (χ0v) is 10.0. The van der Waals surface area contributed by atoms with Crippen LogP contribution >= 0.6 is 0 Å². The SMILES string of the molecule is CN(C)C(=O)N(CC(F)(F)F)C1CCNCC1. The van der Waals surface area contributed by atoms with Crippen molar-refractivity contribution < 1.29 is 18.0 Å². The maximum Gasteiger partial charge on any atom is 0.406 e. The standard InChI is InChI=1S/C10H18F3N3O/c1-15(2)9(17)16(7-10(11,12)13)8-3-5-14-6-4-8/h8,14H,3-7H2,1-2H3. The van der Waals surface area contributed by atoms with Gasteiger partial charge in [0.15, 0.2) is 0 Å². The second-order valence-corrected chi connectivity index (χ2v) is 4.40. The van der Waals surface area contributed by atoms with Crippen LogP contribution in [0.25, 0.3) is 0 Å². The molecular weight excluding hydrogens is 235 g/mol. The Morgan fingerprint density at radius 2 is 1.82 bits per heavy atom. The average molecular weight is 253 g/mol. The van der Waals surface area contributed by atoms with Crippen molar-refractivity contribution in [1.82, 2.24) is 15.1 Å². The summed E-state index contributed by atoms with van der Waals surface area (Å²) in [5.74, 6) is 0. The highest BCUT2D eigenvalue weighted by Crippen LogP contribution is 2.22. The normalized spacial score (nSPS) is 17.9. The van der Waals surface area contributed by atoms with E-state index in [4.69, 9.17) is 0 Å². The molecule has 100 valence electrons. The predicted octanol–water partition coefficient (Wildman–Crippen LogP) is 1.28. The minimum absolute atomic E-state index is 0.326. The van der Waals surface area contributed by atoms with Crippen LogP contribution in [-0.2, 0) is 0 Å². The monoisotopic (exact) mass is 253 g/mol. The Balaban J connectivity index is 2.73. The second kappa shape index (κ2) is 5.57. The summed E-state index contributed by atoms with van der Waals surface area (Å²) in [4.78, 5) is 13.9. The molecule has 1 aliphatic rings. The highest BCUT2D eigenvalue weighted by Gasteiger charge is 2.37. The molecule has 1 rings (SSSR count). The lowest BCUT2D eigenvalue weighted by Gasteiger charge is -2.36. The van der Waals surface area contributed by atoms with Crippen LogP contribution in [0.1, 0.15) is 12.8 Å². The number of hydrogen-bond donors (Lipinski definition) is 1. The Morgan fingerprint density at radius 1 is 1.29 bits per heavy atom. The van der Waals surface area contributed by atoms with Gasteiger partial charge in [0, 0.05) is 20.1 Å². The van der Waals surface area contributed by atoms with Gasteiger partial charge < -0.3 is 15.1 Å². The summed E-state index contributed by atoms with van der Waals surface area (Å²) in [6, 6.07) is -0.901. The molecule has 0 spiro atoms. The Bertz CT molecular complexity index is 262. The first-order valence-corrected chi connectivity index (χ1v) is 5.56. The minimum Gasteiger partial charge on any atom is -0.331 e. The summed E-state index contributed by atoms with van der Waals surface area (Å²) in [6.45, 7) is 0.133. The third-order valence-corrected chi connectivity index (χ3v) is 2.73. The van der Waals surface area contributed by atoms with Crippen molar-refractivity contribution in [3.05, 3.63) is 0 Å². The molecule has 0 aromatic rings. The number of piperidine rings is 1. The zero-order chi connectivity index (χ0) is 13.1. The summed E-state index contributed by atoms with van der Waals surface area (Å²) >= 11 is 0. The molecule has 0 aromatic heterocycles. The van der Waals surface area contributed by atoms with Gasteiger partial charge in [-0.05, 0) is 25.9 Å². The van der Waals surface area contributed by atoms with Gasteiger partial charge in [-0.1, -0.05) is 0 Å². The van der Waals surface area contributed by atoms with E-state index in [-0.39, 0.29) is 6.04 Å². The van der Waals surface area contributed by atoms with E-state index in [0.717, 1.165) is 4.90 Å². The Labute approximate surface area is 98.7 Å². The van der Waals surface area contributed by atoms with Crippen molar-refractivity contribution in [1.29, 1.82) is 0 Å². The Morgan fingerprint density at radius 3 is 2.24 bits per heavy atom. The highest BCUT2D eigenvalue weighted by atomic mass is 19.4. The number of carbonyl (C=O) groups is 1. The molecule has 1 saturated heterocycles. The van der Waals surface area contributed by atoms with Gasteiger partial charge in [0.05, 0.1) is 0 Å². The lowest BCUT2D eigenvalue weighted by molar-refractivity contribution is -0.145. The fourth-order valence-electron chi connectivity index (χ4n) is 1.92. The van der Waals surface area contributed by atoms with Crippen molar-refractivity contribution >= 4 is 6.03 Å². The lowest BCUT2D eigenvalue weighted by Crippen LogP contribution is -2.52. The van der Waals surface area contributed by atoms with Gasteiger partial charge >= 0.3 is 12.2 Å². The molecule has 0 atom stereocenters. The lowest BCUT2D eigenvalue weighted by atomic mass is 10.1. The van der Waals surface area contributed by atoms with E-state index in [0.29, 0.717) is 25.9 Å². The fraction of sp³-hybridized carbons (Fsp3) is 0.900. The molecular formula is C10H18F3N3O. The van der Waals surface area contributed by atoms with Gasteiger partial charge in [-0.15, -0.1) is 0 Å². The summed E-state index contributed by atoms with van der Waals surface area (Å²) < 4.78 is 37.4. The Hall–Kier alpha value is -0.980. The number of halogens is 3. The first-order chi connectivity index (χ1) is 7.81. The van der Waals surface area contributed by atoms with Gasteiger partial charge in [0.2, 0.25) is 0 Å². The highest BCUT2D eigenvalue weighted by molar-refractivity contribution is 5.74. The maximum atomic E-state index is 12.5. The van der Waals surface area contributed by atoms with Crippen LogP contribution in [0.4, 0.5) is 18.0 Å². The number of hydrogen-bond acceptors (Lipinski definition) is 2. The van der Waals surface area contributed by atoms with E-state index in [1.165, 1.54) is 19.0 Å². The molecule has 1 heterocycles. The number of amides is 2. The van der Waals surface area contributed by atoms with Gasteiger partial charge in [-0.2, -0.15) is 13.2 Å². The molecule has 1 fully saturated rings. The van der Waals surface area contributed by atoms with Gasteiger partial charge in [-0.3, -0.25) is 0 Å². The molecule has 0 unspecified atom stereocenters. The van der Waals surface area contributed by atoms with E-state index in [1.54, 1.807) is 0 Å². The quantitative estimate of drug-likeness (QED) is 0.804. The number of carbonyl (C=O) groups excluding carboxylic acids is 1. The molecule has 4 nitrogen and oxygen atoms in total. The van der Waals surface area contributed by atoms with Crippen LogP contribution in [0, 0.1) is 0 Å². The smallest absolute Gasteiger partial charge is 0.331 e. The molecule has 2 amide bonds. The number of alkyl halides is 3. The molecule has 1 N–H and O–H groups in total. The molecule has 17 heavy (non-hydrogen) atoms. The first-order valence-electron chi connectivity index (χ1n) is 5.56. The zero-order valence-electron chi connectivity index (χ0n) is 10.0. The second-order valence-electron chi connectivity index (χ2n) is 4.40. The number of nitrogens with one attached hydrogen (secondary N) is 1. The summed E-state index contributed by atoms with van der Waals surface area (Å²) in [7, 11) is 2.93. The largest absolute Gasteiger partial charge is 0.406 e. The van der Waals surface area contributed by atoms with Crippen LogP contribution < -0.4 is 5.32 Å². The van der Waals surface area contributed by atoms with E-state index < -0.39 is 18.8 Å². The van der Waals surface area contributed by atoms with Crippen molar-refractivity contribution in [2.45, 2.75) is 25.1 Å². The molecule has 0 radical (unpaired) electrons. The maximum absolute atomic E-state index is 12.5. The van der Waals surface area contributed by atoms with E-state index in [1.807, 2.05) is 0 Å². The number of rotatable bonds is 2. The average Bonchev–Trinajstić information content (AvgIpc) is 2.25. The van der Waals surface area contributed by atoms with Crippen LogP contribution in [0.2, 0.25) is 0 Å². The topological polar surface area (TPSA) is 35.6 Å². The van der Waals surface area contributed by atoms with Crippen LogP contribution in [0.5, 0.6) is 0 Å². The fourth-order valence-corrected chi connectivity index (χ4v) is 1.92. The minimum atomic E-state index is -4.35. The van der Waals surface area contributed by atoms with E-state index >= 15 is 0 Å². The van der Waals surface area contributed by atoms with E-state index in [2.05, 4.69) is 5.32 Å². The predicted molar refractivity (Wildman–Crippen MR) is 57.7 cm³/mol. The van der Waals surface area contributed by atoms with Crippen LogP contribution in [0.3, 0.4) is 0 Å². The van der Waals surface area contributed by atoms with Crippen LogP contribution in [-0.4, -0.2) is 61.8 Å². The van der Waals surface area contributed by atoms with Crippen molar-refractivity contribution in [3.8, 4) is 0 Å². The van der Waals surface area contributed by atoms with Crippen molar-refractivity contribution in [2.24, 2.45) is 0 Å². The van der Waals surface area contributed by atoms with Crippen molar-refractivity contribution in [2.75, 3.05) is 33.7 Å². The third kappa shape index (κ3) is 4.41. The molecule has 1 aliphatic heterocycles. The number of nitrogens with zero attached hydrogens (tertiary/aromatic N) is 2. The summed E-state index contributed by atoms with van der Waals surface area (Å²) in [5, 5.41) is 3.07. The summed E-state index contributed by atoms with van der Waals surface area (Å²) in [5.41, 5.74) is 0. The first kappa shape index (κ1) is 14.1. The van der Waals surface area contributed by atoms with Crippen LogP contribution in [0.15, 0.2) is 0 Å². The van der Waals surface area contributed by atoms with Gasteiger partial charge in [0.25, 0.3) is 0 Å². The van der Waals surface area contributed by atoms with E-state index in [9.17, 15) is 18.0 Å². The molecule has 0 aliphatic carbocycles. The molecule has 0 saturated carbocycles. The third-order valence-electron chi connectivity index (χ3n) is 2.73. The Kier molecular flexibility index (Phi) is 4.62. The molecule has 7 heteroatoms. The summed E-state index contributed by atoms with van der Waals surface area (Å²) in [6.07, 6.45) is -3.22. The molecule has 0 aromatic carbocycles. The van der Waals surface area contributed by atoms with Gasteiger partial charge in [-0.25, -0.2) is 4.79 Å². The number of urea groups is 1.